The van der Waals surface area contributed by atoms with E-state index < -0.39 is 0 Å². The summed E-state index contributed by atoms with van der Waals surface area (Å²) in [5.74, 6) is 1.75. The topological polar surface area (TPSA) is 65.0 Å². The Hall–Kier alpha value is -6.85. The molecular weight excluding hydrogens is 615 g/mol. The van der Waals surface area contributed by atoms with Crippen molar-refractivity contribution in [3.63, 3.8) is 0 Å². The van der Waals surface area contributed by atoms with Crippen molar-refractivity contribution in [3.8, 4) is 34.2 Å². The zero-order valence-corrected chi connectivity index (χ0v) is 26.6. The molecule has 3 heterocycles. The molecule has 232 valence electrons. The van der Waals surface area contributed by atoms with Gasteiger partial charge in [0.25, 0.3) is 0 Å². The van der Waals surface area contributed by atoms with Crippen molar-refractivity contribution in [2.45, 2.75) is 0 Å². The minimum Gasteiger partial charge on any atom is -0.456 e. The van der Waals surface area contributed by atoms with Crippen LogP contribution in [0.2, 0.25) is 0 Å². The number of fused-ring (bicyclic) bond motifs is 11. The summed E-state index contributed by atoms with van der Waals surface area (Å²) in [6, 6.07) is 52.2. The van der Waals surface area contributed by atoms with Gasteiger partial charge in [0.1, 0.15) is 22.3 Å². The number of para-hydroxylation sites is 2. The van der Waals surface area contributed by atoms with Crippen molar-refractivity contribution in [1.82, 2.24) is 15.0 Å². The van der Waals surface area contributed by atoms with Crippen LogP contribution >= 0.6 is 0 Å². The van der Waals surface area contributed by atoms with Crippen molar-refractivity contribution in [3.05, 3.63) is 152 Å². The molecular formula is C45H25N3O2. The summed E-state index contributed by atoms with van der Waals surface area (Å²) in [7, 11) is 0. The van der Waals surface area contributed by atoms with Crippen LogP contribution in [0.15, 0.2) is 160 Å². The summed E-state index contributed by atoms with van der Waals surface area (Å²) in [4.78, 5) is 15.7. The molecule has 0 spiro atoms. The van der Waals surface area contributed by atoms with Crippen molar-refractivity contribution in [2.75, 3.05) is 0 Å². The summed E-state index contributed by atoms with van der Waals surface area (Å²) < 4.78 is 12.6. The Morgan fingerprint density at radius 2 is 0.880 bits per heavy atom. The Bertz CT molecular complexity index is 3170. The van der Waals surface area contributed by atoms with E-state index in [1.54, 1.807) is 0 Å². The van der Waals surface area contributed by atoms with E-state index in [0.717, 1.165) is 76.7 Å². The maximum absolute atomic E-state index is 6.30. The van der Waals surface area contributed by atoms with Crippen LogP contribution in [0.1, 0.15) is 0 Å². The molecule has 5 nitrogen and oxygen atoms in total. The van der Waals surface area contributed by atoms with Gasteiger partial charge in [0.05, 0.1) is 0 Å². The van der Waals surface area contributed by atoms with Crippen molar-refractivity contribution in [1.29, 1.82) is 0 Å². The van der Waals surface area contributed by atoms with Gasteiger partial charge < -0.3 is 8.83 Å². The fourth-order valence-corrected chi connectivity index (χ4v) is 7.63. The summed E-state index contributed by atoms with van der Waals surface area (Å²) in [6.45, 7) is 0. The van der Waals surface area contributed by atoms with Crippen LogP contribution in [-0.4, -0.2) is 15.0 Å². The molecule has 0 atom stereocenters. The van der Waals surface area contributed by atoms with E-state index >= 15 is 0 Å². The molecule has 0 aliphatic heterocycles. The minimum absolute atomic E-state index is 0.569. The van der Waals surface area contributed by atoms with Gasteiger partial charge in [-0.2, -0.15) is 0 Å². The van der Waals surface area contributed by atoms with Gasteiger partial charge in [-0.05, 0) is 57.3 Å². The van der Waals surface area contributed by atoms with Crippen LogP contribution in [0.4, 0.5) is 0 Å². The quantitative estimate of drug-likeness (QED) is 0.180. The molecule has 50 heavy (non-hydrogen) atoms. The molecule has 0 saturated carbocycles. The second-order valence-corrected chi connectivity index (χ2v) is 12.7. The molecule has 11 rings (SSSR count). The number of hydrogen-bond donors (Lipinski definition) is 0. The van der Waals surface area contributed by atoms with Crippen molar-refractivity contribution >= 4 is 76.2 Å². The molecule has 5 heteroatoms. The molecule has 0 radical (unpaired) electrons. The number of rotatable bonds is 3. The lowest BCUT2D eigenvalue weighted by atomic mass is 9.94. The molecule has 0 N–H and O–H groups in total. The Balaban J connectivity index is 1.22. The van der Waals surface area contributed by atoms with Gasteiger partial charge in [0.15, 0.2) is 17.5 Å². The van der Waals surface area contributed by atoms with Gasteiger partial charge in [-0.3, -0.25) is 0 Å². The van der Waals surface area contributed by atoms with Crippen LogP contribution in [0.3, 0.4) is 0 Å². The molecule has 0 aliphatic carbocycles. The van der Waals surface area contributed by atoms with Crippen LogP contribution < -0.4 is 0 Å². The highest BCUT2D eigenvalue weighted by atomic mass is 16.3. The summed E-state index contributed by atoms with van der Waals surface area (Å²) in [5, 5.41) is 11.2. The van der Waals surface area contributed by atoms with Gasteiger partial charge in [0.2, 0.25) is 0 Å². The zero-order valence-electron chi connectivity index (χ0n) is 26.6. The Labute approximate surface area is 285 Å². The van der Waals surface area contributed by atoms with E-state index in [1.807, 2.05) is 54.6 Å². The summed E-state index contributed by atoms with van der Waals surface area (Å²) in [5.41, 5.74) is 5.94. The molecule has 0 amide bonds. The Morgan fingerprint density at radius 3 is 1.74 bits per heavy atom. The molecule has 11 aromatic rings. The fourth-order valence-electron chi connectivity index (χ4n) is 7.63. The third-order valence-electron chi connectivity index (χ3n) is 9.92. The molecule has 0 bridgehead atoms. The van der Waals surface area contributed by atoms with E-state index in [4.69, 9.17) is 23.8 Å². The number of aromatic nitrogens is 3. The SMILES string of the molecule is c1ccc2c(c1)ccc1c2ccc2cccc(-c3nc(-c4ccc5c(c4)oc4ccccc45)nc(-c4cccc5oc6ccccc6c45)n3)c21. The van der Waals surface area contributed by atoms with Crippen LogP contribution in [-0.2, 0) is 0 Å². The number of hydrogen-bond acceptors (Lipinski definition) is 5. The van der Waals surface area contributed by atoms with E-state index in [2.05, 4.69) is 97.1 Å². The molecule has 8 aromatic carbocycles. The molecule has 0 fully saturated rings. The third kappa shape index (κ3) is 3.98. The smallest absolute Gasteiger partial charge is 0.164 e. The van der Waals surface area contributed by atoms with Crippen molar-refractivity contribution in [2.24, 2.45) is 0 Å². The molecule has 3 aromatic heterocycles. The second-order valence-electron chi connectivity index (χ2n) is 12.7. The first kappa shape index (κ1) is 27.1. The summed E-state index contributed by atoms with van der Waals surface area (Å²) in [6.07, 6.45) is 0. The maximum Gasteiger partial charge on any atom is 0.164 e. The van der Waals surface area contributed by atoms with Crippen LogP contribution in [0.25, 0.3) is 110 Å². The number of furan rings is 2. The molecule has 0 unspecified atom stereocenters. The first-order chi connectivity index (χ1) is 24.8. The normalized spacial score (nSPS) is 12.0. The van der Waals surface area contributed by atoms with Gasteiger partial charge in [0, 0.05) is 43.6 Å². The predicted octanol–water partition coefficient (Wildman–Crippen LogP) is 12.1. The van der Waals surface area contributed by atoms with Gasteiger partial charge in [-0.15, -0.1) is 0 Å². The van der Waals surface area contributed by atoms with E-state index in [1.165, 1.54) is 16.2 Å². The monoisotopic (exact) mass is 639 g/mol. The first-order valence-corrected chi connectivity index (χ1v) is 16.7. The highest BCUT2D eigenvalue weighted by molar-refractivity contribution is 6.20. The van der Waals surface area contributed by atoms with E-state index in [-0.39, 0.29) is 0 Å². The molecule has 0 saturated heterocycles. The number of benzene rings is 8. The minimum atomic E-state index is 0.569. The van der Waals surface area contributed by atoms with Crippen LogP contribution in [0.5, 0.6) is 0 Å². The molecule has 0 aliphatic rings. The standard InChI is InChI=1S/C45H25N3O2/c1-2-11-29-26(9-1)19-24-33-30(29)22-20-27-10-7-14-35(41(27)33)44-46-43(28-21-23-32-31-12-3-5-16-37(31)50-40(32)25-28)47-45(48-44)36-15-8-18-39-42(36)34-13-4-6-17-38(34)49-39/h1-25H. The van der Waals surface area contributed by atoms with Gasteiger partial charge in [-0.25, -0.2) is 15.0 Å². The highest BCUT2D eigenvalue weighted by Crippen LogP contribution is 2.40. The Morgan fingerprint density at radius 1 is 0.320 bits per heavy atom. The average molecular weight is 640 g/mol. The third-order valence-corrected chi connectivity index (χ3v) is 9.92. The number of nitrogens with zero attached hydrogens (tertiary/aromatic N) is 3. The zero-order chi connectivity index (χ0) is 32.8. The first-order valence-electron chi connectivity index (χ1n) is 16.7. The lowest BCUT2D eigenvalue weighted by molar-refractivity contribution is 0.668. The second kappa shape index (κ2) is 10.3. The maximum atomic E-state index is 6.30. The fraction of sp³-hybridized carbons (Fsp3) is 0. The van der Waals surface area contributed by atoms with E-state index in [0.29, 0.717) is 17.5 Å². The highest BCUT2D eigenvalue weighted by Gasteiger charge is 2.20. The lowest BCUT2D eigenvalue weighted by Gasteiger charge is -2.13. The lowest BCUT2D eigenvalue weighted by Crippen LogP contribution is -2.01. The van der Waals surface area contributed by atoms with Gasteiger partial charge in [-0.1, -0.05) is 121 Å². The average Bonchev–Trinajstić information content (AvgIpc) is 3.75. The van der Waals surface area contributed by atoms with Gasteiger partial charge >= 0.3 is 0 Å². The summed E-state index contributed by atoms with van der Waals surface area (Å²) >= 11 is 0. The largest absolute Gasteiger partial charge is 0.456 e. The van der Waals surface area contributed by atoms with Crippen LogP contribution in [0, 0.1) is 0 Å². The Kier molecular flexibility index (Phi) is 5.60. The van der Waals surface area contributed by atoms with E-state index in [9.17, 15) is 0 Å². The van der Waals surface area contributed by atoms with Crippen molar-refractivity contribution < 1.29 is 8.83 Å². The predicted molar refractivity (Wildman–Crippen MR) is 203 cm³/mol.